The average molecular weight is 361 g/mol. The summed E-state index contributed by atoms with van der Waals surface area (Å²) in [5.41, 5.74) is 1.71. The van der Waals surface area contributed by atoms with Crippen molar-refractivity contribution in [3.05, 3.63) is 68.7 Å². The molecule has 3 rings (SSSR count). The summed E-state index contributed by atoms with van der Waals surface area (Å²) in [5.74, 6) is 0.172. The van der Waals surface area contributed by atoms with Crippen molar-refractivity contribution in [3.63, 3.8) is 0 Å². The Labute approximate surface area is 135 Å². The van der Waals surface area contributed by atoms with Crippen molar-refractivity contribution in [2.75, 3.05) is 5.32 Å². The lowest BCUT2D eigenvalue weighted by Crippen LogP contribution is -2.15. The highest BCUT2D eigenvalue weighted by Crippen LogP contribution is 2.48. The molecule has 1 fully saturated rings. The SMILES string of the molecule is O=C(Nc1ccc([N+](=O)[O-])cc1Br)[C@H]1C[C@@H]1c1ccccc1. The molecule has 22 heavy (non-hydrogen) atoms. The summed E-state index contributed by atoms with van der Waals surface area (Å²) in [6, 6.07) is 14.2. The van der Waals surface area contributed by atoms with Gasteiger partial charge >= 0.3 is 0 Å². The lowest BCUT2D eigenvalue weighted by atomic mass is 10.1. The number of nitrogens with one attached hydrogen (secondary N) is 1. The van der Waals surface area contributed by atoms with Gasteiger partial charge in [-0.15, -0.1) is 0 Å². The number of carbonyl (C=O) groups is 1. The summed E-state index contributed by atoms with van der Waals surface area (Å²) in [6.45, 7) is 0. The van der Waals surface area contributed by atoms with Crippen LogP contribution in [0, 0.1) is 16.0 Å². The van der Waals surface area contributed by atoms with E-state index in [2.05, 4.69) is 21.2 Å². The van der Waals surface area contributed by atoms with Crippen LogP contribution in [0.4, 0.5) is 11.4 Å². The highest BCUT2D eigenvalue weighted by molar-refractivity contribution is 9.10. The smallest absolute Gasteiger partial charge is 0.270 e. The van der Waals surface area contributed by atoms with E-state index >= 15 is 0 Å². The van der Waals surface area contributed by atoms with Gasteiger partial charge in [0.1, 0.15) is 0 Å². The van der Waals surface area contributed by atoms with Crippen LogP contribution in [0.1, 0.15) is 17.9 Å². The standard InChI is InChI=1S/C16H13BrN2O3/c17-14-8-11(19(21)22)6-7-15(14)18-16(20)13-9-12(13)10-4-2-1-3-5-10/h1-8,12-13H,9H2,(H,18,20)/t12-,13+/m1/s1. The summed E-state index contributed by atoms with van der Waals surface area (Å²) in [6.07, 6.45) is 0.834. The molecule has 2 aromatic rings. The van der Waals surface area contributed by atoms with E-state index in [9.17, 15) is 14.9 Å². The van der Waals surface area contributed by atoms with E-state index in [1.54, 1.807) is 6.07 Å². The number of rotatable bonds is 4. The highest BCUT2D eigenvalue weighted by atomic mass is 79.9. The predicted molar refractivity (Wildman–Crippen MR) is 86.7 cm³/mol. The first-order valence-corrected chi connectivity index (χ1v) is 7.65. The zero-order valence-corrected chi connectivity index (χ0v) is 13.1. The maximum Gasteiger partial charge on any atom is 0.270 e. The van der Waals surface area contributed by atoms with E-state index in [4.69, 9.17) is 0 Å². The maximum atomic E-state index is 12.3. The number of halogens is 1. The minimum Gasteiger partial charge on any atom is -0.325 e. The Hall–Kier alpha value is -2.21. The summed E-state index contributed by atoms with van der Waals surface area (Å²) < 4.78 is 0.506. The van der Waals surface area contributed by atoms with Crippen molar-refractivity contribution in [2.45, 2.75) is 12.3 Å². The van der Waals surface area contributed by atoms with E-state index in [1.165, 1.54) is 17.7 Å². The molecule has 1 saturated carbocycles. The molecule has 2 aromatic carbocycles. The van der Waals surface area contributed by atoms with E-state index in [-0.39, 0.29) is 23.4 Å². The molecule has 5 nitrogen and oxygen atoms in total. The average Bonchev–Trinajstić information content (AvgIpc) is 3.30. The molecule has 0 spiro atoms. The number of amides is 1. The molecule has 0 saturated heterocycles. The second-order valence-electron chi connectivity index (χ2n) is 5.27. The number of carbonyl (C=O) groups excluding carboxylic acids is 1. The van der Waals surface area contributed by atoms with Crippen LogP contribution in [0.2, 0.25) is 0 Å². The molecule has 0 radical (unpaired) electrons. The van der Waals surface area contributed by atoms with Crippen LogP contribution in [-0.4, -0.2) is 10.8 Å². The van der Waals surface area contributed by atoms with Crippen LogP contribution in [0.5, 0.6) is 0 Å². The topological polar surface area (TPSA) is 72.2 Å². The molecule has 1 aliphatic carbocycles. The molecule has 0 bridgehead atoms. The van der Waals surface area contributed by atoms with Crippen molar-refractivity contribution < 1.29 is 9.72 Å². The number of non-ortho nitro benzene ring substituents is 1. The molecule has 0 aromatic heterocycles. The van der Waals surface area contributed by atoms with Crippen LogP contribution in [0.15, 0.2) is 53.0 Å². The van der Waals surface area contributed by atoms with Crippen LogP contribution in [-0.2, 0) is 4.79 Å². The Bertz CT molecular complexity index is 733. The van der Waals surface area contributed by atoms with Crippen molar-refractivity contribution in [1.82, 2.24) is 0 Å². The number of hydrogen-bond donors (Lipinski definition) is 1. The minimum absolute atomic E-state index is 0.0153. The molecule has 1 N–H and O–H groups in total. The van der Waals surface area contributed by atoms with E-state index in [0.29, 0.717) is 10.2 Å². The summed E-state index contributed by atoms with van der Waals surface area (Å²) in [4.78, 5) is 22.5. The van der Waals surface area contributed by atoms with Gasteiger partial charge in [-0.3, -0.25) is 14.9 Å². The molecule has 0 aliphatic heterocycles. The fraction of sp³-hybridized carbons (Fsp3) is 0.188. The third kappa shape index (κ3) is 3.01. The largest absolute Gasteiger partial charge is 0.325 e. The Morgan fingerprint density at radius 1 is 1.23 bits per heavy atom. The van der Waals surface area contributed by atoms with Gasteiger partial charge in [-0.25, -0.2) is 0 Å². The Morgan fingerprint density at radius 3 is 2.59 bits per heavy atom. The summed E-state index contributed by atoms with van der Waals surface area (Å²) in [5, 5.41) is 13.5. The van der Waals surface area contributed by atoms with Crippen LogP contribution in [0.3, 0.4) is 0 Å². The quantitative estimate of drug-likeness (QED) is 0.658. The number of nitro groups is 1. The zero-order valence-electron chi connectivity index (χ0n) is 11.5. The van der Waals surface area contributed by atoms with E-state index < -0.39 is 4.92 Å². The number of benzene rings is 2. The van der Waals surface area contributed by atoms with Crippen molar-refractivity contribution >= 4 is 33.2 Å². The minimum atomic E-state index is -0.470. The second kappa shape index (κ2) is 5.88. The lowest BCUT2D eigenvalue weighted by Gasteiger charge is -2.07. The van der Waals surface area contributed by atoms with Gasteiger partial charge in [-0.1, -0.05) is 30.3 Å². The number of nitrogens with zero attached hydrogens (tertiary/aromatic N) is 1. The molecule has 6 heteroatoms. The van der Waals surface area contributed by atoms with E-state index in [0.717, 1.165) is 6.42 Å². The first kappa shape index (κ1) is 14.7. The molecule has 112 valence electrons. The number of anilines is 1. The van der Waals surface area contributed by atoms with Gasteiger partial charge in [-0.05, 0) is 39.9 Å². The molecular weight excluding hydrogens is 348 g/mol. The molecule has 0 unspecified atom stereocenters. The monoisotopic (exact) mass is 360 g/mol. The van der Waals surface area contributed by atoms with Crippen LogP contribution >= 0.6 is 15.9 Å². The van der Waals surface area contributed by atoms with Gasteiger partial charge < -0.3 is 5.32 Å². The van der Waals surface area contributed by atoms with Crippen molar-refractivity contribution in [3.8, 4) is 0 Å². The first-order chi connectivity index (χ1) is 10.6. The maximum absolute atomic E-state index is 12.3. The van der Waals surface area contributed by atoms with Crippen LogP contribution < -0.4 is 5.32 Å². The van der Waals surface area contributed by atoms with Gasteiger partial charge in [0, 0.05) is 22.5 Å². The number of nitro benzene ring substituents is 1. The van der Waals surface area contributed by atoms with Gasteiger partial charge in [-0.2, -0.15) is 0 Å². The summed E-state index contributed by atoms with van der Waals surface area (Å²) in [7, 11) is 0. The number of hydrogen-bond acceptors (Lipinski definition) is 3. The molecule has 2 atom stereocenters. The molecule has 0 heterocycles. The van der Waals surface area contributed by atoms with E-state index in [1.807, 2.05) is 30.3 Å². The van der Waals surface area contributed by atoms with Crippen molar-refractivity contribution in [2.24, 2.45) is 5.92 Å². The molecular formula is C16H13BrN2O3. The Balaban J connectivity index is 1.67. The second-order valence-corrected chi connectivity index (χ2v) is 6.12. The van der Waals surface area contributed by atoms with Gasteiger partial charge in [0.05, 0.1) is 10.6 Å². The predicted octanol–water partition coefficient (Wildman–Crippen LogP) is 4.10. The van der Waals surface area contributed by atoms with Crippen LogP contribution in [0.25, 0.3) is 0 Å². The molecule has 1 aliphatic rings. The zero-order chi connectivity index (χ0) is 15.7. The lowest BCUT2D eigenvalue weighted by molar-refractivity contribution is -0.384. The third-order valence-electron chi connectivity index (χ3n) is 3.78. The normalized spacial score (nSPS) is 19.5. The van der Waals surface area contributed by atoms with Gasteiger partial charge in [0.15, 0.2) is 0 Å². The van der Waals surface area contributed by atoms with Gasteiger partial charge in [0.25, 0.3) is 5.69 Å². The van der Waals surface area contributed by atoms with Gasteiger partial charge in [0.2, 0.25) is 5.91 Å². The fourth-order valence-electron chi connectivity index (χ4n) is 2.50. The highest BCUT2D eigenvalue weighted by Gasteiger charge is 2.43. The first-order valence-electron chi connectivity index (χ1n) is 6.86. The summed E-state index contributed by atoms with van der Waals surface area (Å²) >= 11 is 3.25. The Kier molecular flexibility index (Phi) is 3.94. The third-order valence-corrected chi connectivity index (χ3v) is 4.43. The molecule has 1 amide bonds. The fourth-order valence-corrected chi connectivity index (χ4v) is 2.96. The Morgan fingerprint density at radius 2 is 1.95 bits per heavy atom. The van der Waals surface area contributed by atoms with Crippen molar-refractivity contribution in [1.29, 1.82) is 0 Å².